The summed E-state index contributed by atoms with van der Waals surface area (Å²) in [6.07, 6.45) is 84.1. The summed E-state index contributed by atoms with van der Waals surface area (Å²) in [4.78, 5) is 38.2. The van der Waals surface area contributed by atoms with E-state index < -0.39 is 6.10 Å². The first-order valence-corrected chi connectivity index (χ1v) is 31.7. The number of esters is 3. The fourth-order valence-electron chi connectivity index (χ4n) is 8.83. The van der Waals surface area contributed by atoms with E-state index in [0.29, 0.717) is 19.3 Å². The van der Waals surface area contributed by atoms with Crippen LogP contribution in [0.2, 0.25) is 0 Å². The van der Waals surface area contributed by atoms with E-state index in [4.69, 9.17) is 14.2 Å². The molecule has 0 spiro atoms. The van der Waals surface area contributed by atoms with E-state index in [1.165, 1.54) is 141 Å². The van der Waals surface area contributed by atoms with Crippen molar-refractivity contribution in [1.29, 1.82) is 0 Å². The minimum Gasteiger partial charge on any atom is -0.462 e. The average molecular weight is 1040 g/mol. The quantitative estimate of drug-likeness (QED) is 0.0261. The first-order chi connectivity index (χ1) is 37.0. The van der Waals surface area contributed by atoms with Crippen LogP contribution >= 0.6 is 0 Å². The fourth-order valence-corrected chi connectivity index (χ4v) is 8.83. The molecule has 1 unspecified atom stereocenters. The van der Waals surface area contributed by atoms with Crippen LogP contribution in [-0.2, 0) is 28.6 Å². The van der Waals surface area contributed by atoms with Crippen LogP contribution in [0.1, 0.15) is 303 Å². The van der Waals surface area contributed by atoms with Crippen LogP contribution in [0, 0.1) is 0 Å². The van der Waals surface area contributed by atoms with Gasteiger partial charge < -0.3 is 14.2 Å². The molecule has 75 heavy (non-hydrogen) atoms. The van der Waals surface area contributed by atoms with Crippen molar-refractivity contribution in [3.8, 4) is 0 Å². The van der Waals surface area contributed by atoms with E-state index in [0.717, 1.165) is 122 Å². The monoisotopic (exact) mass is 1040 g/mol. The third-order valence-corrected chi connectivity index (χ3v) is 13.6. The topological polar surface area (TPSA) is 78.9 Å². The van der Waals surface area contributed by atoms with Gasteiger partial charge in [-0.3, -0.25) is 14.4 Å². The molecule has 0 saturated heterocycles. The van der Waals surface area contributed by atoms with E-state index in [-0.39, 0.29) is 31.1 Å². The fraction of sp³-hybridized carbons (Fsp3) is 0.725. The molecule has 0 aliphatic rings. The number of carbonyl (C=O) groups excluding carboxylic acids is 3. The Morgan fingerprint density at radius 2 is 0.520 bits per heavy atom. The van der Waals surface area contributed by atoms with E-state index in [1.54, 1.807) is 0 Å². The Kier molecular flexibility index (Phi) is 59.8. The van der Waals surface area contributed by atoms with Crippen molar-refractivity contribution in [2.24, 2.45) is 0 Å². The second-order valence-electron chi connectivity index (χ2n) is 20.9. The van der Waals surface area contributed by atoms with Gasteiger partial charge in [-0.25, -0.2) is 0 Å². The minimum absolute atomic E-state index is 0.0814. The average Bonchev–Trinajstić information content (AvgIpc) is 3.41. The van der Waals surface area contributed by atoms with Crippen LogP contribution in [-0.4, -0.2) is 37.2 Å². The summed E-state index contributed by atoms with van der Waals surface area (Å²) in [5, 5.41) is 0. The number of ether oxygens (including phenoxy) is 3. The third-order valence-electron chi connectivity index (χ3n) is 13.6. The number of rotatable bonds is 57. The molecule has 0 radical (unpaired) electrons. The highest BCUT2D eigenvalue weighted by atomic mass is 16.6. The smallest absolute Gasteiger partial charge is 0.306 e. The van der Waals surface area contributed by atoms with Crippen molar-refractivity contribution < 1.29 is 28.6 Å². The zero-order valence-electron chi connectivity index (χ0n) is 49.3. The highest BCUT2D eigenvalue weighted by Gasteiger charge is 2.19. The molecule has 0 bridgehead atoms. The second kappa shape index (κ2) is 62.9. The van der Waals surface area contributed by atoms with Gasteiger partial charge in [-0.05, 0) is 103 Å². The van der Waals surface area contributed by atoms with Gasteiger partial charge in [0.2, 0.25) is 0 Å². The van der Waals surface area contributed by atoms with E-state index in [1.807, 2.05) is 0 Å². The van der Waals surface area contributed by atoms with Crippen LogP contribution in [0.4, 0.5) is 0 Å². The Bertz CT molecular complexity index is 1480. The lowest BCUT2D eigenvalue weighted by Gasteiger charge is -2.18. The zero-order valence-corrected chi connectivity index (χ0v) is 49.3. The van der Waals surface area contributed by atoms with Gasteiger partial charge in [-0.15, -0.1) is 0 Å². The van der Waals surface area contributed by atoms with Gasteiger partial charge in [-0.1, -0.05) is 279 Å². The molecule has 430 valence electrons. The second-order valence-corrected chi connectivity index (χ2v) is 20.9. The van der Waals surface area contributed by atoms with Crippen molar-refractivity contribution in [1.82, 2.24) is 0 Å². The molecular formula is C69H118O6. The molecule has 0 amide bonds. The first kappa shape index (κ1) is 71.3. The van der Waals surface area contributed by atoms with E-state index in [2.05, 4.69) is 118 Å². The van der Waals surface area contributed by atoms with Gasteiger partial charge in [-0.2, -0.15) is 0 Å². The Hall–Kier alpha value is -3.67. The predicted molar refractivity (Wildman–Crippen MR) is 325 cm³/mol. The summed E-state index contributed by atoms with van der Waals surface area (Å²) in [6, 6.07) is 0. The number of hydrogen-bond donors (Lipinski definition) is 0. The van der Waals surface area contributed by atoms with Gasteiger partial charge in [0.25, 0.3) is 0 Å². The maximum Gasteiger partial charge on any atom is 0.306 e. The molecule has 0 aromatic rings. The molecule has 6 nitrogen and oxygen atoms in total. The summed E-state index contributed by atoms with van der Waals surface area (Å²) in [5.41, 5.74) is 0. The Balaban J connectivity index is 4.27. The molecule has 0 N–H and O–H groups in total. The summed E-state index contributed by atoms with van der Waals surface area (Å²) in [7, 11) is 0. The Morgan fingerprint density at radius 3 is 0.840 bits per heavy atom. The van der Waals surface area contributed by atoms with E-state index >= 15 is 0 Å². The summed E-state index contributed by atoms with van der Waals surface area (Å²) in [5.74, 6) is -0.890. The minimum atomic E-state index is -0.785. The molecule has 0 saturated carbocycles. The highest BCUT2D eigenvalue weighted by Crippen LogP contribution is 2.16. The molecule has 0 fully saturated rings. The number of unbranched alkanes of at least 4 members (excludes halogenated alkanes) is 30. The maximum atomic E-state index is 12.9. The lowest BCUT2D eigenvalue weighted by Crippen LogP contribution is -2.30. The van der Waals surface area contributed by atoms with Crippen molar-refractivity contribution in [3.05, 3.63) is 97.2 Å². The summed E-state index contributed by atoms with van der Waals surface area (Å²) < 4.78 is 16.9. The number of carbonyl (C=O) groups is 3. The van der Waals surface area contributed by atoms with Crippen LogP contribution in [0.5, 0.6) is 0 Å². The van der Waals surface area contributed by atoms with Gasteiger partial charge in [0.05, 0.1) is 0 Å². The van der Waals surface area contributed by atoms with Crippen LogP contribution < -0.4 is 0 Å². The van der Waals surface area contributed by atoms with Gasteiger partial charge in [0, 0.05) is 19.3 Å². The van der Waals surface area contributed by atoms with Crippen LogP contribution in [0.25, 0.3) is 0 Å². The molecular weight excluding hydrogens is 925 g/mol. The molecule has 0 aromatic heterocycles. The molecule has 0 aliphatic carbocycles. The molecule has 1 atom stereocenters. The molecule has 0 aliphatic heterocycles. The summed E-state index contributed by atoms with van der Waals surface area (Å²) >= 11 is 0. The van der Waals surface area contributed by atoms with Crippen LogP contribution in [0.15, 0.2) is 97.2 Å². The van der Waals surface area contributed by atoms with Crippen molar-refractivity contribution in [2.75, 3.05) is 13.2 Å². The lowest BCUT2D eigenvalue weighted by atomic mass is 10.0. The van der Waals surface area contributed by atoms with Crippen molar-refractivity contribution in [2.45, 2.75) is 309 Å². The van der Waals surface area contributed by atoms with Gasteiger partial charge in [0.1, 0.15) is 13.2 Å². The molecule has 0 rings (SSSR count). The Morgan fingerprint density at radius 1 is 0.280 bits per heavy atom. The first-order valence-electron chi connectivity index (χ1n) is 31.7. The predicted octanol–water partition coefficient (Wildman–Crippen LogP) is 21.7. The summed E-state index contributed by atoms with van der Waals surface area (Å²) in [6.45, 7) is 6.51. The molecule has 0 aromatic carbocycles. The molecule has 6 heteroatoms. The normalized spacial score (nSPS) is 12.7. The van der Waals surface area contributed by atoms with Gasteiger partial charge >= 0.3 is 17.9 Å². The standard InChI is InChI=1S/C69H118O6/c1-4-7-10-13-16-19-22-25-27-28-29-30-31-32-33-34-35-36-37-38-39-40-42-44-47-50-53-56-59-62-68(71)74-65-66(64-73-67(70)61-58-55-52-49-46-43-24-21-18-15-12-9-6-3)75-69(72)63-60-57-54-51-48-45-41-26-23-20-17-14-11-8-5-2/h7,10,16-17,19-20,25-27,29-30,32-33,35-36,41,66H,4-6,8-9,11-15,18,21-24,28,31,34,37-40,42-65H2,1-3H3/b10-7-,19-16-,20-17-,27-25-,30-29-,33-32-,36-35-,41-26-. The largest absolute Gasteiger partial charge is 0.462 e. The number of hydrogen-bond acceptors (Lipinski definition) is 6. The highest BCUT2D eigenvalue weighted by molar-refractivity contribution is 5.71. The zero-order chi connectivity index (χ0) is 54.3. The SMILES string of the molecule is CC/C=C\C/C=C\C/C=C\C/C=C\C/C=C\C/C=C\CCCCCCCCCCCCC(=O)OCC(COC(=O)CCCCCCCCCCCCCCC)OC(=O)CCCCCCC/C=C\C/C=C\CCCCC. The Labute approximate surface area is 464 Å². The molecule has 0 heterocycles. The van der Waals surface area contributed by atoms with Crippen LogP contribution in [0.3, 0.4) is 0 Å². The maximum absolute atomic E-state index is 12.9. The lowest BCUT2D eigenvalue weighted by molar-refractivity contribution is -0.167. The third kappa shape index (κ3) is 61.1. The van der Waals surface area contributed by atoms with E-state index in [9.17, 15) is 14.4 Å². The van der Waals surface area contributed by atoms with Crippen molar-refractivity contribution in [3.63, 3.8) is 0 Å². The van der Waals surface area contributed by atoms with Gasteiger partial charge in [0.15, 0.2) is 6.10 Å². The van der Waals surface area contributed by atoms with Crippen molar-refractivity contribution >= 4 is 17.9 Å². The number of allylic oxidation sites excluding steroid dienone is 16.